The summed E-state index contributed by atoms with van der Waals surface area (Å²) >= 11 is 0. The highest BCUT2D eigenvalue weighted by Crippen LogP contribution is 2.23. The van der Waals surface area contributed by atoms with Crippen molar-refractivity contribution in [3.05, 3.63) is 90.0 Å². The second-order valence-electron chi connectivity index (χ2n) is 7.09. The molecule has 156 valence electrons. The van der Waals surface area contributed by atoms with E-state index >= 15 is 0 Å². The Morgan fingerprint density at radius 1 is 0.933 bits per heavy atom. The van der Waals surface area contributed by atoms with Crippen molar-refractivity contribution in [2.75, 3.05) is 16.7 Å². The van der Waals surface area contributed by atoms with Gasteiger partial charge in [-0.1, -0.05) is 49.7 Å². The molecule has 3 aromatic carbocycles. The van der Waals surface area contributed by atoms with Crippen molar-refractivity contribution in [2.24, 2.45) is 0 Å². The summed E-state index contributed by atoms with van der Waals surface area (Å²) in [6, 6.07) is 22.6. The van der Waals surface area contributed by atoms with Crippen LogP contribution in [-0.4, -0.2) is 21.4 Å². The van der Waals surface area contributed by atoms with Crippen LogP contribution in [0.15, 0.2) is 83.8 Å². The minimum atomic E-state index is -3.70. The van der Waals surface area contributed by atoms with Gasteiger partial charge in [0.1, 0.15) is 0 Å². The SMILES string of the molecule is CCCCc1ccc(NC(=O)c2cccc(N(C)S(=O)(=O)c3ccccc3)c2)cc1. The first-order chi connectivity index (χ1) is 14.4. The maximum absolute atomic E-state index is 12.8. The molecule has 0 unspecified atom stereocenters. The highest BCUT2D eigenvalue weighted by Gasteiger charge is 2.21. The Kier molecular flexibility index (Phi) is 6.90. The molecule has 0 saturated carbocycles. The van der Waals surface area contributed by atoms with Crippen molar-refractivity contribution < 1.29 is 13.2 Å². The molecule has 0 aromatic heterocycles. The molecule has 5 nitrogen and oxygen atoms in total. The second-order valence-corrected chi connectivity index (χ2v) is 9.06. The zero-order chi connectivity index (χ0) is 21.6. The topological polar surface area (TPSA) is 66.5 Å². The Morgan fingerprint density at radius 2 is 1.63 bits per heavy atom. The van der Waals surface area contributed by atoms with Crippen LogP contribution in [0.25, 0.3) is 0 Å². The molecule has 0 heterocycles. The van der Waals surface area contributed by atoms with Crippen LogP contribution in [0.4, 0.5) is 11.4 Å². The van der Waals surface area contributed by atoms with Crippen LogP contribution < -0.4 is 9.62 Å². The van der Waals surface area contributed by atoms with E-state index < -0.39 is 10.0 Å². The minimum absolute atomic E-state index is 0.200. The van der Waals surface area contributed by atoms with Crippen LogP contribution in [0.2, 0.25) is 0 Å². The third-order valence-corrected chi connectivity index (χ3v) is 6.70. The number of amides is 1. The third kappa shape index (κ3) is 5.07. The van der Waals surface area contributed by atoms with Crippen LogP contribution in [0.1, 0.15) is 35.7 Å². The molecule has 3 rings (SSSR count). The highest BCUT2D eigenvalue weighted by atomic mass is 32.2. The van der Waals surface area contributed by atoms with Crippen LogP contribution >= 0.6 is 0 Å². The fourth-order valence-electron chi connectivity index (χ4n) is 3.07. The van der Waals surface area contributed by atoms with Crippen molar-refractivity contribution in [1.82, 2.24) is 0 Å². The quantitative estimate of drug-likeness (QED) is 0.549. The lowest BCUT2D eigenvalue weighted by Crippen LogP contribution is -2.26. The first-order valence-corrected chi connectivity index (χ1v) is 11.4. The van der Waals surface area contributed by atoms with Gasteiger partial charge >= 0.3 is 0 Å². The lowest BCUT2D eigenvalue weighted by molar-refractivity contribution is 0.102. The Hall–Kier alpha value is -3.12. The number of sulfonamides is 1. The van der Waals surface area contributed by atoms with Crippen molar-refractivity contribution in [1.29, 1.82) is 0 Å². The third-order valence-electron chi connectivity index (χ3n) is 4.90. The number of nitrogens with one attached hydrogen (secondary N) is 1. The van der Waals surface area contributed by atoms with Crippen LogP contribution in [0.5, 0.6) is 0 Å². The smallest absolute Gasteiger partial charge is 0.264 e. The number of carbonyl (C=O) groups excluding carboxylic acids is 1. The Balaban J connectivity index is 1.75. The molecule has 0 spiro atoms. The molecule has 1 N–H and O–H groups in total. The maximum Gasteiger partial charge on any atom is 0.264 e. The highest BCUT2D eigenvalue weighted by molar-refractivity contribution is 7.92. The summed E-state index contributed by atoms with van der Waals surface area (Å²) in [4.78, 5) is 12.9. The number of nitrogens with zero attached hydrogens (tertiary/aromatic N) is 1. The van der Waals surface area contributed by atoms with Crippen LogP contribution in [-0.2, 0) is 16.4 Å². The molecule has 0 radical (unpaired) electrons. The second kappa shape index (κ2) is 9.59. The zero-order valence-electron chi connectivity index (χ0n) is 17.2. The van der Waals surface area contributed by atoms with Crippen LogP contribution in [0, 0.1) is 0 Å². The molecule has 3 aromatic rings. The summed E-state index contributed by atoms with van der Waals surface area (Å²) in [5.41, 5.74) is 2.75. The van der Waals surface area contributed by atoms with E-state index in [2.05, 4.69) is 12.2 Å². The van der Waals surface area contributed by atoms with Gasteiger partial charge in [0, 0.05) is 18.3 Å². The van der Waals surface area contributed by atoms with Gasteiger partial charge in [-0.3, -0.25) is 9.10 Å². The van der Waals surface area contributed by atoms with Gasteiger partial charge in [0.15, 0.2) is 0 Å². The first kappa shape index (κ1) is 21.6. The fraction of sp³-hybridized carbons (Fsp3) is 0.208. The Labute approximate surface area is 178 Å². The molecule has 1 amide bonds. The van der Waals surface area contributed by atoms with Gasteiger partial charge in [0.05, 0.1) is 10.6 Å². The molecule has 0 aliphatic rings. The van der Waals surface area contributed by atoms with Crippen molar-refractivity contribution >= 4 is 27.3 Å². The normalized spacial score (nSPS) is 11.1. The molecule has 0 aliphatic heterocycles. The maximum atomic E-state index is 12.8. The van der Waals surface area contributed by atoms with Crippen molar-refractivity contribution in [3.8, 4) is 0 Å². The van der Waals surface area contributed by atoms with Gasteiger partial charge in [0.2, 0.25) is 0 Å². The molecular formula is C24H26N2O3S. The summed E-state index contributed by atoms with van der Waals surface area (Å²) in [5.74, 6) is -0.288. The zero-order valence-corrected chi connectivity index (χ0v) is 18.0. The number of carbonyl (C=O) groups is 1. The van der Waals surface area contributed by atoms with E-state index in [1.807, 2.05) is 24.3 Å². The fourth-order valence-corrected chi connectivity index (χ4v) is 4.28. The number of unbranched alkanes of at least 4 members (excludes halogenated alkanes) is 1. The summed E-state index contributed by atoms with van der Waals surface area (Å²) < 4.78 is 26.9. The molecule has 0 atom stereocenters. The number of aryl methyl sites for hydroxylation is 1. The summed E-state index contributed by atoms with van der Waals surface area (Å²) in [5, 5.41) is 2.87. The first-order valence-electron chi connectivity index (χ1n) is 9.96. The number of hydrogen-bond acceptors (Lipinski definition) is 3. The summed E-state index contributed by atoms with van der Waals surface area (Å²) in [7, 11) is -2.22. The van der Waals surface area contributed by atoms with E-state index in [0.29, 0.717) is 16.9 Å². The molecule has 0 fully saturated rings. The van der Waals surface area contributed by atoms with Gasteiger partial charge in [0.25, 0.3) is 15.9 Å². The van der Waals surface area contributed by atoms with Crippen molar-refractivity contribution in [3.63, 3.8) is 0 Å². The molecule has 6 heteroatoms. The molecule has 30 heavy (non-hydrogen) atoms. The molecular weight excluding hydrogens is 396 g/mol. The largest absolute Gasteiger partial charge is 0.322 e. The van der Waals surface area contributed by atoms with Gasteiger partial charge < -0.3 is 5.32 Å². The molecule has 0 aliphatic carbocycles. The van der Waals surface area contributed by atoms with Crippen LogP contribution in [0.3, 0.4) is 0 Å². The molecule has 0 saturated heterocycles. The number of rotatable bonds is 8. The average Bonchev–Trinajstić information content (AvgIpc) is 2.78. The van der Waals surface area contributed by atoms with Gasteiger partial charge in [-0.05, 0) is 60.9 Å². The predicted octanol–water partition coefficient (Wildman–Crippen LogP) is 5.11. The van der Waals surface area contributed by atoms with Gasteiger partial charge in [-0.25, -0.2) is 8.42 Å². The van der Waals surface area contributed by atoms with E-state index in [1.165, 1.54) is 16.9 Å². The van der Waals surface area contributed by atoms with E-state index in [0.717, 1.165) is 19.3 Å². The number of anilines is 2. The Morgan fingerprint density at radius 3 is 2.30 bits per heavy atom. The van der Waals surface area contributed by atoms with E-state index in [-0.39, 0.29) is 10.8 Å². The van der Waals surface area contributed by atoms with E-state index in [9.17, 15) is 13.2 Å². The lowest BCUT2D eigenvalue weighted by Gasteiger charge is -2.20. The Bertz CT molecular complexity index is 1090. The standard InChI is InChI=1S/C24H26N2O3S/c1-3-4-9-19-14-16-21(17-15-19)25-24(27)20-10-8-11-22(18-20)26(2)30(28,29)23-12-6-5-7-13-23/h5-8,10-18H,3-4,9H2,1-2H3,(H,25,27). The minimum Gasteiger partial charge on any atom is -0.322 e. The summed E-state index contributed by atoms with van der Waals surface area (Å²) in [6.45, 7) is 2.16. The van der Waals surface area contributed by atoms with Gasteiger partial charge in [-0.2, -0.15) is 0 Å². The van der Waals surface area contributed by atoms with E-state index in [4.69, 9.17) is 0 Å². The average molecular weight is 423 g/mol. The van der Waals surface area contributed by atoms with Gasteiger partial charge in [-0.15, -0.1) is 0 Å². The van der Waals surface area contributed by atoms with Crippen molar-refractivity contribution in [2.45, 2.75) is 31.1 Å². The number of hydrogen-bond donors (Lipinski definition) is 1. The lowest BCUT2D eigenvalue weighted by atomic mass is 10.1. The van der Waals surface area contributed by atoms with E-state index in [1.54, 1.807) is 54.6 Å². The number of benzene rings is 3. The predicted molar refractivity (Wildman–Crippen MR) is 121 cm³/mol. The molecule has 0 bridgehead atoms. The monoisotopic (exact) mass is 422 g/mol. The summed E-state index contributed by atoms with van der Waals surface area (Å²) in [6.07, 6.45) is 3.30.